The summed E-state index contributed by atoms with van der Waals surface area (Å²) in [5, 5.41) is 9.51. The minimum absolute atomic E-state index is 0.373. The summed E-state index contributed by atoms with van der Waals surface area (Å²) in [4.78, 5) is 15.3. The van der Waals surface area contributed by atoms with E-state index in [0.29, 0.717) is 19.0 Å². The normalized spacial score (nSPS) is 24.8. The Balaban J connectivity index is 2.66. The van der Waals surface area contributed by atoms with E-state index >= 15 is 0 Å². The summed E-state index contributed by atoms with van der Waals surface area (Å²) < 4.78 is 0. The zero-order valence-corrected chi connectivity index (χ0v) is 8.37. The van der Waals surface area contributed by atoms with Crippen LogP contribution in [-0.4, -0.2) is 36.4 Å². The fourth-order valence-electron chi connectivity index (χ4n) is 1.10. The first-order valence-corrected chi connectivity index (χ1v) is 4.58. The van der Waals surface area contributed by atoms with Crippen LogP contribution < -0.4 is 21.8 Å². The maximum atomic E-state index is 11.3. The standard InChI is InChI=1S/C7H16N6O/c1-3-9-5-11-6(10-4-2)13(8)7(14)12-5/h6,10H,3-4,8H2,1-2H3,(H2,9,11,12,14). The van der Waals surface area contributed by atoms with Crippen LogP contribution >= 0.6 is 0 Å². The Morgan fingerprint density at radius 2 is 2.36 bits per heavy atom. The van der Waals surface area contributed by atoms with Crippen LogP contribution in [0.15, 0.2) is 4.99 Å². The van der Waals surface area contributed by atoms with Gasteiger partial charge in [-0.05, 0) is 13.5 Å². The largest absolute Gasteiger partial charge is 0.341 e. The molecule has 0 bridgehead atoms. The zero-order chi connectivity index (χ0) is 10.6. The van der Waals surface area contributed by atoms with Gasteiger partial charge >= 0.3 is 6.03 Å². The molecular formula is C7H16N6O. The Kier molecular flexibility index (Phi) is 3.66. The molecular weight excluding hydrogens is 184 g/mol. The molecule has 0 aliphatic carbocycles. The van der Waals surface area contributed by atoms with E-state index in [0.717, 1.165) is 5.01 Å². The number of amides is 2. The van der Waals surface area contributed by atoms with Crippen molar-refractivity contribution in [1.82, 2.24) is 21.0 Å². The molecule has 0 saturated carbocycles. The molecule has 1 aliphatic heterocycles. The van der Waals surface area contributed by atoms with E-state index < -0.39 is 6.29 Å². The summed E-state index contributed by atoms with van der Waals surface area (Å²) >= 11 is 0. The van der Waals surface area contributed by atoms with Gasteiger partial charge in [0.2, 0.25) is 5.96 Å². The highest BCUT2D eigenvalue weighted by Gasteiger charge is 2.27. The summed E-state index contributed by atoms with van der Waals surface area (Å²) in [5.41, 5.74) is 0. The second-order valence-corrected chi connectivity index (χ2v) is 2.76. The number of hydrogen-bond acceptors (Lipinski definition) is 4. The molecule has 1 unspecified atom stereocenters. The zero-order valence-electron chi connectivity index (χ0n) is 8.37. The van der Waals surface area contributed by atoms with Crippen molar-refractivity contribution in [1.29, 1.82) is 0 Å². The molecule has 5 N–H and O–H groups in total. The smallest absolute Gasteiger partial charge is 0.322 e. The third-order valence-electron chi connectivity index (χ3n) is 1.73. The van der Waals surface area contributed by atoms with Crippen molar-refractivity contribution >= 4 is 12.0 Å². The van der Waals surface area contributed by atoms with Crippen LogP contribution in [0.3, 0.4) is 0 Å². The van der Waals surface area contributed by atoms with Crippen LogP contribution in [0.1, 0.15) is 13.8 Å². The lowest BCUT2D eigenvalue weighted by atomic mass is 10.5. The molecule has 1 atom stereocenters. The number of hydrogen-bond donors (Lipinski definition) is 4. The highest BCUT2D eigenvalue weighted by molar-refractivity contribution is 5.98. The van der Waals surface area contributed by atoms with Gasteiger partial charge in [-0.25, -0.2) is 15.6 Å². The van der Waals surface area contributed by atoms with E-state index in [2.05, 4.69) is 20.9 Å². The minimum atomic E-state index is -0.404. The van der Waals surface area contributed by atoms with Gasteiger partial charge in [0.1, 0.15) is 0 Å². The molecule has 7 heteroatoms. The van der Waals surface area contributed by atoms with Crippen LogP contribution in [-0.2, 0) is 0 Å². The first-order chi connectivity index (χ1) is 6.69. The lowest BCUT2D eigenvalue weighted by molar-refractivity contribution is 0.149. The predicted octanol–water partition coefficient (Wildman–Crippen LogP) is -1.26. The van der Waals surface area contributed by atoms with E-state index in [1.807, 2.05) is 13.8 Å². The Morgan fingerprint density at radius 1 is 1.64 bits per heavy atom. The molecule has 2 amide bonds. The van der Waals surface area contributed by atoms with Crippen LogP contribution in [0.25, 0.3) is 0 Å². The number of rotatable bonds is 3. The predicted molar refractivity (Wildman–Crippen MR) is 53.1 cm³/mol. The molecule has 1 saturated heterocycles. The summed E-state index contributed by atoms with van der Waals surface area (Å²) in [6.45, 7) is 5.13. The summed E-state index contributed by atoms with van der Waals surface area (Å²) in [6, 6.07) is -0.373. The summed E-state index contributed by atoms with van der Waals surface area (Å²) in [6.07, 6.45) is -0.404. The lowest BCUT2D eigenvalue weighted by Crippen LogP contribution is -2.70. The lowest BCUT2D eigenvalue weighted by Gasteiger charge is -2.34. The Labute approximate surface area is 82.7 Å². The van der Waals surface area contributed by atoms with Crippen LogP contribution in [0.2, 0.25) is 0 Å². The number of urea groups is 1. The van der Waals surface area contributed by atoms with E-state index in [-0.39, 0.29) is 6.03 Å². The monoisotopic (exact) mass is 200 g/mol. The molecule has 0 aromatic heterocycles. The first-order valence-electron chi connectivity index (χ1n) is 4.58. The number of nitrogens with one attached hydrogen (secondary N) is 3. The molecule has 0 aromatic carbocycles. The number of carbonyl (C=O) groups excluding carboxylic acids is 1. The third-order valence-corrected chi connectivity index (χ3v) is 1.73. The Bertz CT molecular complexity index is 240. The average molecular weight is 200 g/mol. The van der Waals surface area contributed by atoms with Crippen molar-refractivity contribution in [2.24, 2.45) is 10.8 Å². The van der Waals surface area contributed by atoms with Gasteiger partial charge in [0.25, 0.3) is 0 Å². The van der Waals surface area contributed by atoms with Gasteiger partial charge in [-0.3, -0.25) is 15.6 Å². The molecule has 0 aromatic rings. The topological polar surface area (TPSA) is 94.8 Å². The van der Waals surface area contributed by atoms with Crippen molar-refractivity contribution in [3.05, 3.63) is 0 Å². The van der Waals surface area contributed by atoms with Gasteiger partial charge in [-0.2, -0.15) is 0 Å². The average Bonchev–Trinajstić information content (AvgIpc) is 2.14. The van der Waals surface area contributed by atoms with Gasteiger partial charge < -0.3 is 5.32 Å². The highest BCUT2D eigenvalue weighted by atomic mass is 16.2. The van der Waals surface area contributed by atoms with E-state index in [4.69, 9.17) is 5.84 Å². The van der Waals surface area contributed by atoms with E-state index in [1.165, 1.54) is 0 Å². The van der Waals surface area contributed by atoms with E-state index in [1.54, 1.807) is 0 Å². The summed E-state index contributed by atoms with van der Waals surface area (Å²) in [7, 11) is 0. The van der Waals surface area contributed by atoms with Crippen LogP contribution in [0, 0.1) is 0 Å². The first kappa shape index (κ1) is 10.7. The number of guanidine groups is 1. The van der Waals surface area contributed by atoms with Gasteiger partial charge in [-0.15, -0.1) is 0 Å². The second kappa shape index (κ2) is 4.77. The third kappa shape index (κ3) is 2.33. The molecule has 0 spiro atoms. The number of nitrogens with zero attached hydrogens (tertiary/aromatic N) is 2. The van der Waals surface area contributed by atoms with Crippen molar-refractivity contribution < 1.29 is 4.79 Å². The van der Waals surface area contributed by atoms with Gasteiger partial charge in [0.05, 0.1) is 0 Å². The Hall–Kier alpha value is -1.34. The van der Waals surface area contributed by atoms with Gasteiger partial charge in [0.15, 0.2) is 6.29 Å². The van der Waals surface area contributed by atoms with Gasteiger partial charge in [0, 0.05) is 6.54 Å². The highest BCUT2D eigenvalue weighted by Crippen LogP contribution is 1.93. The number of nitrogens with two attached hydrogens (primary N) is 1. The maximum absolute atomic E-state index is 11.3. The Morgan fingerprint density at radius 3 is 2.93 bits per heavy atom. The fraction of sp³-hybridized carbons (Fsp3) is 0.714. The fourth-order valence-corrected chi connectivity index (χ4v) is 1.10. The number of aliphatic imine (C=N–C) groups is 1. The molecule has 1 fully saturated rings. The molecule has 1 heterocycles. The van der Waals surface area contributed by atoms with Gasteiger partial charge in [-0.1, -0.05) is 6.92 Å². The van der Waals surface area contributed by atoms with Crippen LogP contribution in [0.5, 0.6) is 0 Å². The molecule has 80 valence electrons. The number of hydrazine groups is 1. The summed E-state index contributed by atoms with van der Waals surface area (Å²) in [5.74, 6) is 5.96. The van der Waals surface area contributed by atoms with Crippen LogP contribution in [0.4, 0.5) is 4.79 Å². The van der Waals surface area contributed by atoms with E-state index in [9.17, 15) is 4.79 Å². The molecule has 14 heavy (non-hydrogen) atoms. The maximum Gasteiger partial charge on any atom is 0.341 e. The number of carbonyl (C=O) groups is 1. The molecule has 1 aliphatic rings. The quantitative estimate of drug-likeness (QED) is 0.338. The second-order valence-electron chi connectivity index (χ2n) is 2.76. The van der Waals surface area contributed by atoms with Crippen molar-refractivity contribution in [3.63, 3.8) is 0 Å². The van der Waals surface area contributed by atoms with Crippen molar-refractivity contribution in [2.75, 3.05) is 13.1 Å². The minimum Gasteiger partial charge on any atom is -0.322 e. The molecule has 0 radical (unpaired) electrons. The molecule has 7 nitrogen and oxygen atoms in total. The molecule has 1 rings (SSSR count). The van der Waals surface area contributed by atoms with Crippen molar-refractivity contribution in [3.8, 4) is 0 Å². The SMILES string of the molecule is CCN=C1NC(=O)N(N)C(NCC)N1. The van der Waals surface area contributed by atoms with Crippen molar-refractivity contribution in [2.45, 2.75) is 20.1 Å².